The highest BCUT2D eigenvalue weighted by Crippen LogP contribution is 2.34. The van der Waals surface area contributed by atoms with Crippen molar-refractivity contribution in [1.82, 2.24) is 0 Å². The Morgan fingerprint density at radius 2 is 2.00 bits per heavy atom. The fraction of sp³-hybridized carbons (Fsp3) is 0.500. The Morgan fingerprint density at radius 1 is 1.33 bits per heavy atom. The molecule has 0 aliphatic carbocycles. The smallest absolute Gasteiger partial charge is 0.171 e. The van der Waals surface area contributed by atoms with Crippen molar-refractivity contribution in [3.8, 4) is 11.5 Å². The van der Waals surface area contributed by atoms with Gasteiger partial charge in [-0.3, -0.25) is 4.79 Å². The van der Waals surface area contributed by atoms with Crippen LogP contribution in [-0.2, 0) is 0 Å². The lowest BCUT2D eigenvalue weighted by Crippen LogP contribution is -2.12. The quantitative estimate of drug-likeness (QED) is 0.760. The summed E-state index contributed by atoms with van der Waals surface area (Å²) in [6, 6.07) is 3.21. The minimum absolute atomic E-state index is 0.182. The van der Waals surface area contributed by atoms with Crippen molar-refractivity contribution in [3.63, 3.8) is 0 Å². The van der Waals surface area contributed by atoms with Crippen molar-refractivity contribution in [1.29, 1.82) is 0 Å². The van der Waals surface area contributed by atoms with Gasteiger partial charge in [-0.2, -0.15) is 0 Å². The van der Waals surface area contributed by atoms with Crippen molar-refractivity contribution in [3.05, 3.63) is 22.7 Å². The zero-order valence-electron chi connectivity index (χ0n) is 11.2. The second-order valence-electron chi connectivity index (χ2n) is 5.30. The Hall–Kier alpha value is -1.22. The van der Waals surface area contributed by atoms with Crippen LogP contribution in [0.4, 0.5) is 0 Å². The second kappa shape index (κ2) is 6.10. The van der Waals surface area contributed by atoms with Crippen molar-refractivity contribution >= 4 is 17.9 Å². The molecule has 3 nitrogen and oxygen atoms in total. The summed E-state index contributed by atoms with van der Waals surface area (Å²) in [6.07, 6.45) is 1.61. The fourth-order valence-electron chi connectivity index (χ4n) is 1.44. The zero-order valence-corrected chi connectivity index (χ0v) is 12.0. The molecule has 0 saturated heterocycles. The van der Waals surface area contributed by atoms with E-state index in [4.69, 9.17) is 21.1 Å². The normalized spacial score (nSPS) is 11.2. The molecule has 100 valence electrons. The molecule has 0 fully saturated rings. The molecular weight excluding hydrogens is 252 g/mol. The molecule has 1 aromatic carbocycles. The third-order valence-electron chi connectivity index (χ3n) is 2.49. The number of methoxy groups -OCH3 is 1. The van der Waals surface area contributed by atoms with Gasteiger partial charge < -0.3 is 9.47 Å². The van der Waals surface area contributed by atoms with Crippen LogP contribution in [0, 0.1) is 5.41 Å². The van der Waals surface area contributed by atoms with Crippen molar-refractivity contribution in [2.75, 3.05) is 13.7 Å². The molecule has 4 heteroatoms. The summed E-state index contributed by atoms with van der Waals surface area (Å²) in [5.74, 6) is 0.944. The van der Waals surface area contributed by atoms with Crippen molar-refractivity contribution in [2.24, 2.45) is 5.41 Å². The predicted molar refractivity (Wildman–Crippen MR) is 73.0 cm³/mol. The topological polar surface area (TPSA) is 35.5 Å². The first kappa shape index (κ1) is 14.8. The van der Waals surface area contributed by atoms with Crippen LogP contribution in [0.15, 0.2) is 12.1 Å². The Morgan fingerprint density at radius 3 is 2.50 bits per heavy atom. The first-order valence-corrected chi connectivity index (χ1v) is 6.20. The maximum Gasteiger partial charge on any atom is 0.171 e. The van der Waals surface area contributed by atoms with Crippen LogP contribution in [0.2, 0.25) is 5.02 Å². The van der Waals surface area contributed by atoms with E-state index < -0.39 is 0 Å². The largest absolute Gasteiger partial charge is 0.493 e. The van der Waals surface area contributed by atoms with Crippen LogP contribution in [0.1, 0.15) is 37.6 Å². The third kappa shape index (κ3) is 4.22. The van der Waals surface area contributed by atoms with E-state index in [9.17, 15) is 4.79 Å². The number of hydrogen-bond donors (Lipinski definition) is 0. The monoisotopic (exact) mass is 270 g/mol. The average Bonchev–Trinajstić information content (AvgIpc) is 2.28. The minimum Gasteiger partial charge on any atom is -0.493 e. The molecule has 0 unspecified atom stereocenters. The Labute approximate surface area is 113 Å². The number of rotatable bonds is 5. The molecule has 0 radical (unpaired) electrons. The van der Waals surface area contributed by atoms with E-state index in [1.54, 1.807) is 12.1 Å². The summed E-state index contributed by atoms with van der Waals surface area (Å²) in [6.45, 7) is 6.94. The maximum absolute atomic E-state index is 11.0. The molecule has 0 bridgehead atoms. The summed E-state index contributed by atoms with van der Waals surface area (Å²) in [7, 11) is 1.52. The predicted octanol–water partition coefficient (Wildman–Crippen LogP) is 3.98. The van der Waals surface area contributed by atoms with Crippen LogP contribution in [-0.4, -0.2) is 20.0 Å². The van der Waals surface area contributed by atoms with Crippen LogP contribution in [0.5, 0.6) is 11.5 Å². The number of hydrogen-bond acceptors (Lipinski definition) is 3. The molecule has 0 amide bonds. The van der Waals surface area contributed by atoms with Crippen molar-refractivity contribution in [2.45, 2.75) is 27.2 Å². The van der Waals surface area contributed by atoms with Crippen molar-refractivity contribution < 1.29 is 14.3 Å². The Kier molecular flexibility index (Phi) is 5.03. The Balaban J connectivity index is 2.89. The van der Waals surface area contributed by atoms with E-state index in [0.717, 1.165) is 12.7 Å². The lowest BCUT2D eigenvalue weighted by Gasteiger charge is -2.19. The lowest BCUT2D eigenvalue weighted by molar-refractivity contribution is 0.111. The molecular formula is C14H19ClO3. The highest BCUT2D eigenvalue weighted by atomic mass is 35.5. The van der Waals surface area contributed by atoms with Gasteiger partial charge in [0.1, 0.15) is 0 Å². The number of aldehydes is 1. The highest BCUT2D eigenvalue weighted by Gasteiger charge is 2.15. The average molecular weight is 271 g/mol. The minimum atomic E-state index is 0.182. The summed E-state index contributed by atoms with van der Waals surface area (Å²) in [4.78, 5) is 11.0. The van der Waals surface area contributed by atoms with E-state index in [-0.39, 0.29) is 5.41 Å². The van der Waals surface area contributed by atoms with Gasteiger partial charge in [0, 0.05) is 11.1 Å². The maximum atomic E-state index is 11.0. The van der Waals surface area contributed by atoms with E-state index in [1.165, 1.54) is 7.11 Å². The highest BCUT2D eigenvalue weighted by molar-refractivity contribution is 6.31. The molecule has 0 aliphatic heterocycles. The summed E-state index contributed by atoms with van der Waals surface area (Å²) in [5, 5.41) is 0.456. The van der Waals surface area contributed by atoms with E-state index in [0.29, 0.717) is 28.7 Å². The summed E-state index contributed by atoms with van der Waals surface area (Å²) >= 11 is 5.89. The summed E-state index contributed by atoms with van der Waals surface area (Å²) < 4.78 is 10.8. The molecule has 1 rings (SSSR count). The van der Waals surface area contributed by atoms with Crippen LogP contribution in [0.3, 0.4) is 0 Å². The molecule has 1 aromatic rings. The van der Waals surface area contributed by atoms with Crippen LogP contribution in [0.25, 0.3) is 0 Å². The van der Waals surface area contributed by atoms with Gasteiger partial charge >= 0.3 is 0 Å². The van der Waals surface area contributed by atoms with E-state index in [1.807, 2.05) is 0 Å². The van der Waals surface area contributed by atoms with E-state index in [2.05, 4.69) is 20.8 Å². The van der Waals surface area contributed by atoms with Crippen LogP contribution >= 0.6 is 11.6 Å². The fourth-order valence-corrected chi connectivity index (χ4v) is 1.66. The standard InChI is InChI=1S/C14H19ClO3/c1-14(2,3)5-6-18-13-10(9-16)7-11(15)8-12(13)17-4/h7-9H,5-6H2,1-4H3. The number of benzene rings is 1. The molecule has 18 heavy (non-hydrogen) atoms. The van der Waals surface area contributed by atoms with Gasteiger partial charge in [0.2, 0.25) is 0 Å². The lowest BCUT2D eigenvalue weighted by atomic mass is 9.93. The summed E-state index contributed by atoms with van der Waals surface area (Å²) in [5.41, 5.74) is 0.592. The number of ether oxygens (including phenoxy) is 2. The van der Waals surface area contributed by atoms with Gasteiger partial charge in [0.05, 0.1) is 19.3 Å². The molecule has 0 aliphatic rings. The van der Waals surface area contributed by atoms with Gasteiger partial charge in [-0.15, -0.1) is 0 Å². The number of carbonyl (C=O) groups is 1. The molecule has 0 aromatic heterocycles. The van der Waals surface area contributed by atoms with Gasteiger partial charge in [0.15, 0.2) is 17.8 Å². The first-order chi connectivity index (χ1) is 8.37. The zero-order chi connectivity index (χ0) is 13.8. The third-order valence-corrected chi connectivity index (χ3v) is 2.71. The molecule has 0 atom stereocenters. The molecule has 0 saturated carbocycles. The SMILES string of the molecule is COc1cc(Cl)cc(C=O)c1OCCC(C)(C)C. The van der Waals surface area contributed by atoms with E-state index >= 15 is 0 Å². The second-order valence-corrected chi connectivity index (χ2v) is 5.74. The molecule has 0 heterocycles. The number of halogens is 1. The molecule has 0 spiro atoms. The van der Waals surface area contributed by atoms with Gasteiger partial charge in [0.25, 0.3) is 0 Å². The Bertz CT molecular complexity index is 422. The van der Waals surface area contributed by atoms with Crippen LogP contribution < -0.4 is 9.47 Å². The van der Waals surface area contributed by atoms with Gasteiger partial charge in [-0.05, 0) is 17.9 Å². The number of carbonyl (C=O) groups excluding carboxylic acids is 1. The van der Waals surface area contributed by atoms with Gasteiger partial charge in [-0.25, -0.2) is 0 Å². The first-order valence-electron chi connectivity index (χ1n) is 5.83. The molecule has 0 N–H and O–H groups in total. The van der Waals surface area contributed by atoms with Gasteiger partial charge in [-0.1, -0.05) is 32.4 Å².